The third-order valence-corrected chi connectivity index (χ3v) is 4.40. The van der Waals surface area contributed by atoms with Gasteiger partial charge >= 0.3 is 0 Å². The van der Waals surface area contributed by atoms with Crippen LogP contribution in [0.25, 0.3) is 0 Å². The lowest BCUT2D eigenvalue weighted by molar-refractivity contribution is 0.397. The van der Waals surface area contributed by atoms with Crippen molar-refractivity contribution in [2.45, 2.75) is 18.8 Å². The Bertz CT molecular complexity index is 564. The van der Waals surface area contributed by atoms with Gasteiger partial charge in [0.1, 0.15) is 11.3 Å². The fourth-order valence-electron chi connectivity index (χ4n) is 3.03. The van der Waals surface area contributed by atoms with Crippen LogP contribution < -0.4 is 9.64 Å². The van der Waals surface area contributed by atoms with Crippen LogP contribution in [0.4, 0.5) is 5.69 Å². The maximum Gasteiger partial charge on any atom is 0.143 e. The van der Waals surface area contributed by atoms with Crippen LogP contribution in [-0.4, -0.2) is 18.6 Å². The quantitative estimate of drug-likeness (QED) is 0.737. The van der Waals surface area contributed by atoms with E-state index in [0.717, 1.165) is 18.8 Å². The van der Waals surface area contributed by atoms with Crippen molar-refractivity contribution in [1.29, 1.82) is 0 Å². The second-order valence-corrected chi connectivity index (χ2v) is 5.88. The normalized spacial score (nSPS) is 16.0. The molecule has 3 heteroatoms. The number of alkyl halides is 1. The fraction of sp³-hybridized carbons (Fsp3) is 0.333. The molecule has 0 atom stereocenters. The molecule has 0 N–H and O–H groups in total. The number of hydrogen-bond acceptors (Lipinski definition) is 2. The molecule has 21 heavy (non-hydrogen) atoms. The number of halogens is 1. The molecular weight excluding hydrogens is 326 g/mol. The summed E-state index contributed by atoms with van der Waals surface area (Å²) in [5.41, 5.74) is 3.28. The van der Waals surface area contributed by atoms with E-state index in [-0.39, 0.29) is 0 Å². The zero-order valence-corrected chi connectivity index (χ0v) is 13.6. The average molecular weight is 346 g/mol. The van der Waals surface area contributed by atoms with E-state index < -0.39 is 0 Å². The molecule has 1 aliphatic heterocycles. The van der Waals surface area contributed by atoms with E-state index in [1.165, 1.54) is 24.1 Å². The van der Waals surface area contributed by atoms with Gasteiger partial charge in [0.05, 0.1) is 0 Å². The Labute approximate surface area is 134 Å². The molecule has 1 aliphatic rings. The van der Waals surface area contributed by atoms with Crippen LogP contribution in [0, 0.1) is 0 Å². The van der Waals surface area contributed by atoms with Crippen LogP contribution in [0.3, 0.4) is 0 Å². The molecule has 3 rings (SSSR count). The van der Waals surface area contributed by atoms with Gasteiger partial charge in [-0.2, -0.15) is 0 Å². The summed E-state index contributed by atoms with van der Waals surface area (Å²) in [4.78, 5) is 2.46. The van der Waals surface area contributed by atoms with Gasteiger partial charge in [0.15, 0.2) is 0 Å². The van der Waals surface area contributed by atoms with Crippen molar-refractivity contribution in [3.8, 4) is 5.75 Å². The summed E-state index contributed by atoms with van der Waals surface area (Å²) in [6, 6.07) is 19.3. The largest absolute Gasteiger partial charge is 0.482 e. The molecule has 0 radical (unpaired) electrons. The molecule has 0 saturated carbocycles. The summed E-state index contributed by atoms with van der Waals surface area (Å²) in [6.07, 6.45) is 2.43. The summed E-state index contributed by atoms with van der Waals surface area (Å²) in [5, 5.41) is 0. The van der Waals surface area contributed by atoms with E-state index >= 15 is 0 Å². The molecule has 0 aromatic heterocycles. The summed E-state index contributed by atoms with van der Waals surface area (Å²) >= 11 is 3.30. The Hall–Kier alpha value is -1.48. The highest BCUT2D eigenvalue weighted by atomic mass is 79.9. The standard InChI is InChI=1S/C18H20BrNO/c19-14-21-18-8-4-7-17(13-18)20-11-9-16(10-12-20)15-5-2-1-3-6-15/h1-8,13,16H,9-12,14H2. The monoisotopic (exact) mass is 345 g/mol. The molecule has 0 aliphatic carbocycles. The Morgan fingerprint density at radius 2 is 1.76 bits per heavy atom. The molecule has 2 aromatic carbocycles. The van der Waals surface area contributed by atoms with Crippen LogP contribution in [0.2, 0.25) is 0 Å². The van der Waals surface area contributed by atoms with Gasteiger partial charge in [0, 0.05) is 24.8 Å². The lowest BCUT2D eigenvalue weighted by Gasteiger charge is -2.34. The van der Waals surface area contributed by atoms with E-state index in [2.05, 4.69) is 69.4 Å². The first kappa shape index (κ1) is 14.5. The van der Waals surface area contributed by atoms with Gasteiger partial charge in [-0.25, -0.2) is 0 Å². The number of ether oxygens (including phenoxy) is 1. The highest BCUT2D eigenvalue weighted by molar-refractivity contribution is 9.09. The SMILES string of the molecule is BrCOc1cccc(N2CCC(c3ccccc3)CC2)c1. The molecule has 0 spiro atoms. The van der Waals surface area contributed by atoms with Crippen LogP contribution in [0.1, 0.15) is 24.3 Å². The van der Waals surface area contributed by atoms with Gasteiger partial charge in [0.2, 0.25) is 0 Å². The molecular formula is C18H20BrNO. The molecule has 2 aromatic rings. The van der Waals surface area contributed by atoms with Gasteiger partial charge in [-0.1, -0.05) is 36.4 Å². The molecule has 0 bridgehead atoms. The summed E-state index contributed by atoms with van der Waals surface area (Å²) in [7, 11) is 0. The minimum atomic E-state index is 0.534. The number of anilines is 1. The third-order valence-electron chi connectivity index (χ3n) is 4.17. The Morgan fingerprint density at radius 1 is 1.00 bits per heavy atom. The second-order valence-electron chi connectivity index (χ2n) is 5.42. The Kier molecular flexibility index (Phi) is 4.81. The number of hydrogen-bond donors (Lipinski definition) is 0. The van der Waals surface area contributed by atoms with Crippen molar-refractivity contribution in [3.05, 3.63) is 60.2 Å². The number of piperidine rings is 1. The number of nitrogens with zero attached hydrogens (tertiary/aromatic N) is 1. The predicted molar refractivity (Wildman–Crippen MR) is 91.5 cm³/mol. The zero-order valence-electron chi connectivity index (χ0n) is 12.0. The molecule has 110 valence electrons. The predicted octanol–water partition coefficient (Wildman–Crippen LogP) is 4.80. The van der Waals surface area contributed by atoms with Crippen LogP contribution in [0.5, 0.6) is 5.75 Å². The summed E-state index contributed by atoms with van der Waals surface area (Å²) in [6.45, 7) is 2.22. The molecule has 1 heterocycles. The Morgan fingerprint density at radius 3 is 2.48 bits per heavy atom. The van der Waals surface area contributed by atoms with Crippen molar-refractivity contribution in [1.82, 2.24) is 0 Å². The van der Waals surface area contributed by atoms with Crippen molar-refractivity contribution in [2.24, 2.45) is 0 Å². The van der Waals surface area contributed by atoms with Crippen LogP contribution in [0.15, 0.2) is 54.6 Å². The molecule has 2 nitrogen and oxygen atoms in total. The fourth-order valence-corrected chi connectivity index (χ4v) is 3.29. The topological polar surface area (TPSA) is 12.5 Å². The number of rotatable bonds is 4. The highest BCUT2D eigenvalue weighted by Gasteiger charge is 2.20. The lowest BCUT2D eigenvalue weighted by atomic mass is 9.89. The summed E-state index contributed by atoms with van der Waals surface area (Å²) in [5.74, 6) is 1.62. The lowest BCUT2D eigenvalue weighted by Crippen LogP contribution is -2.32. The van der Waals surface area contributed by atoms with Crippen LogP contribution in [-0.2, 0) is 0 Å². The highest BCUT2D eigenvalue weighted by Crippen LogP contribution is 2.31. The first-order valence-electron chi connectivity index (χ1n) is 7.45. The van der Waals surface area contributed by atoms with Gasteiger partial charge in [-0.15, -0.1) is 0 Å². The van der Waals surface area contributed by atoms with E-state index in [1.807, 2.05) is 6.07 Å². The smallest absolute Gasteiger partial charge is 0.143 e. The Balaban J connectivity index is 1.64. The van der Waals surface area contributed by atoms with Crippen molar-refractivity contribution < 1.29 is 4.74 Å². The maximum absolute atomic E-state index is 5.52. The van der Waals surface area contributed by atoms with E-state index in [0.29, 0.717) is 11.4 Å². The summed E-state index contributed by atoms with van der Waals surface area (Å²) < 4.78 is 5.52. The van der Waals surface area contributed by atoms with Crippen LogP contribution >= 0.6 is 15.9 Å². The van der Waals surface area contributed by atoms with Gasteiger partial charge < -0.3 is 9.64 Å². The zero-order chi connectivity index (χ0) is 14.5. The minimum Gasteiger partial charge on any atom is -0.482 e. The first-order valence-corrected chi connectivity index (χ1v) is 8.57. The van der Waals surface area contributed by atoms with Crippen molar-refractivity contribution in [3.63, 3.8) is 0 Å². The van der Waals surface area contributed by atoms with Crippen molar-refractivity contribution in [2.75, 3.05) is 23.5 Å². The third kappa shape index (κ3) is 3.59. The molecule has 1 saturated heterocycles. The van der Waals surface area contributed by atoms with Gasteiger partial charge in [-0.05, 0) is 52.4 Å². The molecule has 0 unspecified atom stereocenters. The number of benzene rings is 2. The molecule has 0 amide bonds. The second kappa shape index (κ2) is 6.99. The maximum atomic E-state index is 5.52. The van der Waals surface area contributed by atoms with Gasteiger partial charge in [0.25, 0.3) is 0 Å². The molecule has 1 fully saturated rings. The van der Waals surface area contributed by atoms with E-state index in [9.17, 15) is 0 Å². The van der Waals surface area contributed by atoms with Gasteiger partial charge in [-0.3, -0.25) is 0 Å². The van der Waals surface area contributed by atoms with E-state index in [1.54, 1.807) is 0 Å². The van der Waals surface area contributed by atoms with E-state index in [4.69, 9.17) is 4.74 Å². The first-order chi connectivity index (χ1) is 10.4. The average Bonchev–Trinajstić information content (AvgIpc) is 2.56. The minimum absolute atomic E-state index is 0.534. The van der Waals surface area contributed by atoms with Crippen molar-refractivity contribution >= 4 is 21.6 Å².